The lowest BCUT2D eigenvalue weighted by atomic mass is 9.89. The molecule has 1 aliphatic heterocycles. The molecule has 0 unspecified atom stereocenters. The second kappa shape index (κ2) is 11.6. The van der Waals surface area contributed by atoms with Crippen molar-refractivity contribution in [3.63, 3.8) is 0 Å². The predicted molar refractivity (Wildman–Crippen MR) is 139 cm³/mol. The van der Waals surface area contributed by atoms with Crippen LogP contribution in [0.3, 0.4) is 0 Å². The zero-order valence-corrected chi connectivity index (χ0v) is 21.3. The molecule has 0 radical (unpaired) electrons. The van der Waals surface area contributed by atoms with Crippen LogP contribution < -0.4 is 10.6 Å². The number of piperidine rings is 1. The number of rotatable bonds is 7. The standard InChI is InChI=1S/C28H38F3N5O/c29-28(30,31)21-6-3-7-23(16-21)34-27-32-17-25(26(35-27)33-22-8-10-24(37)11-9-22)20-12-14-36(15-13-20)18-19-4-1-2-5-19/h3,6-7,16-17,19-20,22,24,37H,1-2,4-5,8-15,18H2,(H2,32,33,34,35)/t22-,24-. The summed E-state index contributed by atoms with van der Waals surface area (Å²) in [6, 6.07) is 5.31. The summed E-state index contributed by atoms with van der Waals surface area (Å²) >= 11 is 0. The third kappa shape index (κ3) is 6.93. The van der Waals surface area contributed by atoms with E-state index in [4.69, 9.17) is 4.98 Å². The minimum atomic E-state index is -4.41. The molecule has 3 aliphatic rings. The summed E-state index contributed by atoms with van der Waals surface area (Å²) in [7, 11) is 0. The fourth-order valence-electron chi connectivity index (χ4n) is 6.17. The Morgan fingerprint density at radius 3 is 2.41 bits per heavy atom. The minimum absolute atomic E-state index is 0.209. The molecule has 0 amide bonds. The lowest BCUT2D eigenvalue weighted by Gasteiger charge is -2.34. The Kier molecular flexibility index (Phi) is 8.19. The van der Waals surface area contributed by atoms with E-state index >= 15 is 0 Å². The molecule has 1 aromatic carbocycles. The van der Waals surface area contributed by atoms with Gasteiger partial charge in [-0.05, 0) is 94.5 Å². The predicted octanol–water partition coefficient (Wildman–Crippen LogP) is 6.32. The van der Waals surface area contributed by atoms with E-state index in [1.165, 1.54) is 38.3 Å². The van der Waals surface area contributed by atoms with Crippen LogP contribution in [0.5, 0.6) is 0 Å². The van der Waals surface area contributed by atoms with Crippen molar-refractivity contribution in [1.29, 1.82) is 0 Å². The van der Waals surface area contributed by atoms with Crippen LogP contribution in [0.25, 0.3) is 0 Å². The SMILES string of the molecule is O[C@H]1CC[C@H](Nc2nc(Nc3cccc(C(F)(F)F)c3)ncc2C2CCN(CC3CCCC3)CC2)CC1. The van der Waals surface area contributed by atoms with Crippen molar-refractivity contribution in [3.8, 4) is 0 Å². The second-order valence-electron chi connectivity index (χ2n) is 11.1. The fourth-order valence-corrected chi connectivity index (χ4v) is 6.17. The van der Waals surface area contributed by atoms with Crippen molar-refractivity contribution in [1.82, 2.24) is 14.9 Å². The van der Waals surface area contributed by atoms with Gasteiger partial charge in [-0.1, -0.05) is 18.9 Å². The smallest absolute Gasteiger partial charge is 0.393 e. The Labute approximate surface area is 217 Å². The number of likely N-dealkylation sites (tertiary alicyclic amines) is 1. The van der Waals surface area contributed by atoms with Gasteiger partial charge in [-0.3, -0.25) is 0 Å². The summed E-state index contributed by atoms with van der Waals surface area (Å²) in [6.45, 7) is 3.35. The van der Waals surface area contributed by atoms with E-state index in [1.54, 1.807) is 6.07 Å². The minimum Gasteiger partial charge on any atom is -0.393 e. The highest BCUT2D eigenvalue weighted by atomic mass is 19.4. The topological polar surface area (TPSA) is 73.3 Å². The van der Waals surface area contributed by atoms with Gasteiger partial charge in [-0.2, -0.15) is 18.2 Å². The number of benzene rings is 1. The van der Waals surface area contributed by atoms with Gasteiger partial charge in [0.25, 0.3) is 0 Å². The molecule has 0 bridgehead atoms. The van der Waals surface area contributed by atoms with Crippen LogP contribution in [0, 0.1) is 5.92 Å². The van der Waals surface area contributed by atoms with E-state index in [1.807, 2.05) is 6.20 Å². The Bertz CT molecular complexity index is 1030. The zero-order chi connectivity index (χ0) is 25.8. The Balaban J connectivity index is 1.31. The number of alkyl halides is 3. The lowest BCUT2D eigenvalue weighted by Crippen LogP contribution is -2.36. The number of nitrogens with one attached hydrogen (secondary N) is 2. The van der Waals surface area contributed by atoms with Crippen LogP contribution in [-0.2, 0) is 6.18 Å². The van der Waals surface area contributed by atoms with Gasteiger partial charge >= 0.3 is 6.18 Å². The third-order valence-electron chi connectivity index (χ3n) is 8.32. The van der Waals surface area contributed by atoms with Crippen molar-refractivity contribution < 1.29 is 18.3 Å². The quantitative estimate of drug-likeness (QED) is 0.399. The Morgan fingerprint density at radius 2 is 1.70 bits per heavy atom. The first-order valence-electron chi connectivity index (χ1n) is 13.8. The summed E-state index contributed by atoms with van der Waals surface area (Å²) in [6.07, 6.45) is 7.98. The molecule has 1 aromatic heterocycles. The Hall–Kier alpha value is -2.39. The van der Waals surface area contributed by atoms with Crippen LogP contribution >= 0.6 is 0 Å². The highest BCUT2D eigenvalue weighted by molar-refractivity contribution is 5.58. The summed E-state index contributed by atoms with van der Waals surface area (Å²) in [5, 5.41) is 16.5. The molecule has 1 saturated heterocycles. The van der Waals surface area contributed by atoms with E-state index in [9.17, 15) is 18.3 Å². The number of halogens is 3. The van der Waals surface area contributed by atoms with Gasteiger partial charge in [-0.25, -0.2) is 4.98 Å². The molecule has 2 aromatic rings. The van der Waals surface area contributed by atoms with E-state index in [2.05, 4.69) is 20.5 Å². The fraction of sp³-hybridized carbons (Fsp3) is 0.643. The van der Waals surface area contributed by atoms with E-state index in [0.29, 0.717) is 11.6 Å². The van der Waals surface area contributed by atoms with Crippen molar-refractivity contribution in [2.24, 2.45) is 5.92 Å². The normalized spacial score (nSPS) is 24.3. The third-order valence-corrected chi connectivity index (χ3v) is 8.32. The number of aliphatic hydroxyl groups excluding tert-OH is 1. The Morgan fingerprint density at radius 1 is 0.973 bits per heavy atom. The van der Waals surface area contributed by atoms with E-state index in [0.717, 1.165) is 81.0 Å². The zero-order valence-electron chi connectivity index (χ0n) is 21.3. The molecule has 5 rings (SSSR count). The van der Waals surface area contributed by atoms with Gasteiger partial charge in [0.05, 0.1) is 11.7 Å². The largest absolute Gasteiger partial charge is 0.416 e. The van der Waals surface area contributed by atoms with Crippen LogP contribution in [0.4, 0.5) is 30.6 Å². The summed E-state index contributed by atoms with van der Waals surface area (Å²) in [5.41, 5.74) is 0.674. The maximum absolute atomic E-state index is 13.2. The van der Waals surface area contributed by atoms with Crippen molar-refractivity contribution >= 4 is 17.5 Å². The first-order valence-corrected chi connectivity index (χ1v) is 13.8. The highest BCUT2D eigenvalue weighted by Crippen LogP contribution is 2.36. The van der Waals surface area contributed by atoms with E-state index < -0.39 is 11.7 Å². The lowest BCUT2D eigenvalue weighted by molar-refractivity contribution is -0.137. The molecule has 9 heteroatoms. The van der Waals surface area contributed by atoms with Crippen molar-refractivity contribution in [2.45, 2.75) is 88.4 Å². The molecule has 2 heterocycles. The summed E-state index contributed by atoms with van der Waals surface area (Å²) in [5.74, 6) is 2.24. The first-order chi connectivity index (χ1) is 17.8. The van der Waals surface area contributed by atoms with Crippen LogP contribution in [0.2, 0.25) is 0 Å². The van der Waals surface area contributed by atoms with Gasteiger partial charge < -0.3 is 20.6 Å². The van der Waals surface area contributed by atoms with Gasteiger partial charge in [-0.15, -0.1) is 0 Å². The van der Waals surface area contributed by atoms with Crippen molar-refractivity contribution in [2.75, 3.05) is 30.3 Å². The number of nitrogens with zero attached hydrogens (tertiary/aromatic N) is 3. The van der Waals surface area contributed by atoms with Crippen LogP contribution in [0.15, 0.2) is 30.5 Å². The molecule has 37 heavy (non-hydrogen) atoms. The molecular weight excluding hydrogens is 479 g/mol. The number of hydrogen-bond acceptors (Lipinski definition) is 6. The van der Waals surface area contributed by atoms with E-state index in [-0.39, 0.29) is 18.1 Å². The molecule has 2 aliphatic carbocycles. The number of aromatic nitrogens is 2. The maximum Gasteiger partial charge on any atom is 0.416 e. The van der Waals surface area contributed by atoms with Gasteiger partial charge in [0.15, 0.2) is 0 Å². The van der Waals surface area contributed by atoms with Gasteiger partial charge in [0.2, 0.25) is 5.95 Å². The molecule has 2 saturated carbocycles. The molecule has 0 spiro atoms. The summed E-state index contributed by atoms with van der Waals surface area (Å²) < 4.78 is 39.5. The average Bonchev–Trinajstić information content (AvgIpc) is 3.39. The highest BCUT2D eigenvalue weighted by Gasteiger charge is 2.31. The van der Waals surface area contributed by atoms with Gasteiger partial charge in [0.1, 0.15) is 5.82 Å². The molecule has 3 fully saturated rings. The maximum atomic E-state index is 13.2. The first kappa shape index (κ1) is 26.2. The second-order valence-corrected chi connectivity index (χ2v) is 11.1. The average molecular weight is 518 g/mol. The van der Waals surface area contributed by atoms with Crippen molar-refractivity contribution in [3.05, 3.63) is 41.6 Å². The molecule has 202 valence electrons. The molecular formula is C28H38F3N5O. The monoisotopic (exact) mass is 517 g/mol. The molecule has 3 N–H and O–H groups in total. The number of hydrogen-bond donors (Lipinski definition) is 3. The molecule has 0 atom stereocenters. The van der Waals surface area contributed by atoms with Crippen LogP contribution in [-0.4, -0.2) is 51.8 Å². The number of aliphatic hydroxyl groups is 1. The number of anilines is 3. The molecule has 6 nitrogen and oxygen atoms in total. The summed E-state index contributed by atoms with van der Waals surface area (Å²) in [4.78, 5) is 11.9. The van der Waals surface area contributed by atoms with Crippen LogP contribution in [0.1, 0.15) is 81.3 Å². The van der Waals surface area contributed by atoms with Gasteiger partial charge in [0, 0.05) is 30.0 Å².